The van der Waals surface area contributed by atoms with Gasteiger partial charge in [-0.3, -0.25) is 9.59 Å². The van der Waals surface area contributed by atoms with Crippen molar-refractivity contribution in [3.05, 3.63) is 35.4 Å². The number of nitrogens with one attached hydrogen (secondary N) is 1. The molecule has 20 heavy (non-hydrogen) atoms. The molecule has 1 rings (SSSR count). The van der Waals surface area contributed by atoms with Crippen molar-refractivity contribution in [3.63, 3.8) is 0 Å². The van der Waals surface area contributed by atoms with Crippen molar-refractivity contribution >= 4 is 17.8 Å². The molecule has 7 nitrogen and oxygen atoms in total. The van der Waals surface area contributed by atoms with E-state index in [0.29, 0.717) is 12.1 Å². The number of hydrogen-bond donors (Lipinski definition) is 3. The second-order valence-corrected chi connectivity index (χ2v) is 4.05. The number of rotatable bonds is 6. The number of carboxylic acid groups (broad SMARTS) is 1. The lowest BCUT2D eigenvalue weighted by atomic mass is 10.1. The standard InChI is InChI=1S/C13H16N2O5/c1-20-11(16)6-10(13(18)19)15-12(17)9-4-2-8(7-14)3-5-9/h2-5,10H,6-7,14H2,1H3,(H,15,17)(H,18,19)/t10-/m0/s1. The third kappa shape index (κ3) is 4.36. The van der Waals surface area contributed by atoms with Crippen molar-refractivity contribution in [2.45, 2.75) is 19.0 Å². The molecule has 0 heterocycles. The maximum Gasteiger partial charge on any atom is 0.326 e. The van der Waals surface area contributed by atoms with Crippen LogP contribution in [-0.2, 0) is 20.9 Å². The third-order valence-electron chi connectivity index (χ3n) is 2.65. The molecule has 0 fully saturated rings. The number of aliphatic carboxylic acids is 1. The predicted octanol–water partition coefficient (Wildman–Crippen LogP) is -0.109. The minimum atomic E-state index is -1.33. The summed E-state index contributed by atoms with van der Waals surface area (Å²) in [6, 6.07) is 5.09. The van der Waals surface area contributed by atoms with Crippen LogP contribution in [0.15, 0.2) is 24.3 Å². The van der Waals surface area contributed by atoms with Gasteiger partial charge in [0.1, 0.15) is 6.04 Å². The minimum absolute atomic E-state index is 0.290. The van der Waals surface area contributed by atoms with Crippen molar-refractivity contribution in [1.82, 2.24) is 5.32 Å². The monoisotopic (exact) mass is 280 g/mol. The van der Waals surface area contributed by atoms with Gasteiger partial charge in [-0.25, -0.2) is 4.79 Å². The molecule has 0 aliphatic heterocycles. The molecule has 0 bridgehead atoms. The molecule has 1 aromatic carbocycles. The Kier molecular flexibility index (Phi) is 5.67. The van der Waals surface area contributed by atoms with Crippen LogP contribution in [0.1, 0.15) is 22.3 Å². The van der Waals surface area contributed by atoms with Crippen molar-refractivity contribution in [1.29, 1.82) is 0 Å². The number of benzene rings is 1. The van der Waals surface area contributed by atoms with Crippen LogP contribution in [-0.4, -0.2) is 36.1 Å². The topological polar surface area (TPSA) is 119 Å². The van der Waals surface area contributed by atoms with E-state index in [1.54, 1.807) is 12.1 Å². The molecule has 1 amide bonds. The number of carbonyl (C=O) groups excluding carboxylic acids is 2. The van der Waals surface area contributed by atoms with E-state index in [2.05, 4.69) is 10.1 Å². The van der Waals surface area contributed by atoms with Crippen LogP contribution in [0, 0.1) is 0 Å². The van der Waals surface area contributed by atoms with Crippen molar-refractivity contribution < 1.29 is 24.2 Å². The predicted molar refractivity (Wildman–Crippen MR) is 69.9 cm³/mol. The van der Waals surface area contributed by atoms with Gasteiger partial charge in [0.2, 0.25) is 0 Å². The normalized spacial score (nSPS) is 11.5. The Balaban J connectivity index is 2.74. The van der Waals surface area contributed by atoms with Crippen LogP contribution in [0.25, 0.3) is 0 Å². The molecule has 0 saturated carbocycles. The summed E-state index contributed by atoms with van der Waals surface area (Å²) in [6.45, 7) is 0.349. The van der Waals surface area contributed by atoms with Gasteiger partial charge in [-0.1, -0.05) is 12.1 Å². The smallest absolute Gasteiger partial charge is 0.326 e. The lowest BCUT2D eigenvalue weighted by Gasteiger charge is -2.13. The molecule has 1 aromatic rings. The summed E-state index contributed by atoms with van der Waals surface area (Å²) >= 11 is 0. The van der Waals surface area contributed by atoms with Crippen molar-refractivity contribution in [2.75, 3.05) is 7.11 Å². The Morgan fingerprint density at radius 1 is 1.30 bits per heavy atom. The highest BCUT2D eigenvalue weighted by molar-refractivity contribution is 5.97. The molecule has 0 radical (unpaired) electrons. The van der Waals surface area contributed by atoms with Gasteiger partial charge in [0.25, 0.3) is 5.91 Å². The first kappa shape index (κ1) is 15.6. The summed E-state index contributed by atoms with van der Waals surface area (Å²) in [4.78, 5) is 33.9. The van der Waals surface area contributed by atoms with Gasteiger partial charge in [0.05, 0.1) is 13.5 Å². The third-order valence-corrected chi connectivity index (χ3v) is 2.65. The molecule has 0 aliphatic carbocycles. The van der Waals surface area contributed by atoms with Gasteiger partial charge in [-0.2, -0.15) is 0 Å². The summed E-state index contributed by atoms with van der Waals surface area (Å²) < 4.78 is 4.38. The SMILES string of the molecule is COC(=O)C[C@H](NC(=O)c1ccc(CN)cc1)C(=O)O. The summed E-state index contributed by atoms with van der Waals surface area (Å²) in [7, 11) is 1.15. The number of carbonyl (C=O) groups is 3. The summed E-state index contributed by atoms with van der Waals surface area (Å²) in [6.07, 6.45) is -0.432. The fourth-order valence-electron chi connectivity index (χ4n) is 1.48. The van der Waals surface area contributed by atoms with Crippen LogP contribution in [0.2, 0.25) is 0 Å². The van der Waals surface area contributed by atoms with Gasteiger partial charge >= 0.3 is 11.9 Å². The van der Waals surface area contributed by atoms with E-state index in [9.17, 15) is 14.4 Å². The fraction of sp³-hybridized carbons (Fsp3) is 0.308. The average Bonchev–Trinajstić information content (AvgIpc) is 2.46. The van der Waals surface area contributed by atoms with E-state index in [0.717, 1.165) is 12.7 Å². The molecule has 108 valence electrons. The van der Waals surface area contributed by atoms with Crippen LogP contribution < -0.4 is 11.1 Å². The van der Waals surface area contributed by atoms with E-state index >= 15 is 0 Å². The van der Waals surface area contributed by atoms with E-state index in [-0.39, 0.29) is 0 Å². The lowest BCUT2D eigenvalue weighted by molar-refractivity contribution is -0.147. The molecule has 0 aliphatic rings. The number of ether oxygens (including phenoxy) is 1. The zero-order valence-corrected chi connectivity index (χ0v) is 11.0. The molecule has 0 spiro atoms. The molecule has 1 atom stereocenters. The van der Waals surface area contributed by atoms with Crippen molar-refractivity contribution in [2.24, 2.45) is 5.73 Å². The first-order valence-electron chi connectivity index (χ1n) is 5.87. The summed E-state index contributed by atoms with van der Waals surface area (Å²) in [5, 5.41) is 11.2. The average molecular weight is 280 g/mol. The highest BCUT2D eigenvalue weighted by Gasteiger charge is 2.24. The quantitative estimate of drug-likeness (QED) is 0.626. The van der Waals surface area contributed by atoms with Crippen LogP contribution in [0.4, 0.5) is 0 Å². The molecule has 7 heteroatoms. The van der Waals surface area contributed by atoms with Gasteiger partial charge in [-0.15, -0.1) is 0 Å². The maximum absolute atomic E-state index is 11.9. The Hall–Kier alpha value is -2.41. The van der Waals surface area contributed by atoms with Crippen LogP contribution in [0.5, 0.6) is 0 Å². The zero-order valence-electron chi connectivity index (χ0n) is 11.0. The zero-order chi connectivity index (χ0) is 15.1. The molecule has 0 saturated heterocycles. The van der Waals surface area contributed by atoms with Crippen LogP contribution in [0.3, 0.4) is 0 Å². The summed E-state index contributed by atoms with van der Waals surface area (Å²) in [5.74, 6) is -2.59. The molecule has 0 unspecified atom stereocenters. The van der Waals surface area contributed by atoms with E-state index in [4.69, 9.17) is 10.8 Å². The van der Waals surface area contributed by atoms with Gasteiger partial charge in [0, 0.05) is 12.1 Å². The number of amides is 1. The number of hydrogen-bond acceptors (Lipinski definition) is 5. The summed E-state index contributed by atoms with van der Waals surface area (Å²) in [5.41, 5.74) is 6.58. The first-order chi connectivity index (χ1) is 9.47. The number of carboxylic acids is 1. The van der Waals surface area contributed by atoms with Crippen molar-refractivity contribution in [3.8, 4) is 0 Å². The van der Waals surface area contributed by atoms with Gasteiger partial charge < -0.3 is 20.9 Å². The number of esters is 1. The number of nitrogens with two attached hydrogens (primary N) is 1. The Morgan fingerprint density at radius 2 is 1.90 bits per heavy atom. The van der Waals surface area contributed by atoms with E-state index in [1.807, 2.05) is 0 Å². The van der Waals surface area contributed by atoms with E-state index in [1.165, 1.54) is 12.1 Å². The maximum atomic E-state index is 11.9. The second kappa shape index (κ2) is 7.25. The Morgan fingerprint density at radius 3 is 2.35 bits per heavy atom. The fourth-order valence-corrected chi connectivity index (χ4v) is 1.48. The lowest BCUT2D eigenvalue weighted by Crippen LogP contribution is -2.42. The minimum Gasteiger partial charge on any atom is -0.480 e. The first-order valence-corrected chi connectivity index (χ1v) is 5.87. The Labute approximate surface area is 115 Å². The van der Waals surface area contributed by atoms with E-state index < -0.39 is 30.3 Å². The highest BCUT2D eigenvalue weighted by Crippen LogP contribution is 2.05. The largest absolute Gasteiger partial charge is 0.480 e. The molecule has 0 aromatic heterocycles. The van der Waals surface area contributed by atoms with Crippen LogP contribution >= 0.6 is 0 Å². The van der Waals surface area contributed by atoms with Gasteiger partial charge in [0.15, 0.2) is 0 Å². The Bertz CT molecular complexity index is 498. The second-order valence-electron chi connectivity index (χ2n) is 4.05. The van der Waals surface area contributed by atoms with Gasteiger partial charge in [-0.05, 0) is 17.7 Å². The molecule has 4 N–H and O–H groups in total. The highest BCUT2D eigenvalue weighted by atomic mass is 16.5. The molecular weight excluding hydrogens is 264 g/mol. The molecular formula is C13H16N2O5. The number of methoxy groups -OCH3 is 1.